The number of rotatable bonds is 7. The molecule has 1 unspecified atom stereocenters. The number of carbonyl (C=O) groups excluding carboxylic acids is 1. The molecule has 3 aromatic rings. The molecule has 1 atom stereocenters. The van der Waals surface area contributed by atoms with Crippen LogP contribution >= 0.6 is 11.3 Å². The van der Waals surface area contributed by atoms with Gasteiger partial charge in [0, 0.05) is 20.2 Å². The minimum absolute atomic E-state index is 0.0555. The first-order valence-electron chi connectivity index (χ1n) is 12.3. The molecule has 0 spiro atoms. The number of allylic oxidation sites excluding steroid dienone is 1. The Kier molecular flexibility index (Phi) is 7.63. The van der Waals surface area contributed by atoms with Crippen molar-refractivity contribution in [2.75, 3.05) is 25.6 Å². The van der Waals surface area contributed by atoms with Crippen molar-refractivity contribution < 1.29 is 14.5 Å². The van der Waals surface area contributed by atoms with E-state index in [4.69, 9.17) is 4.74 Å². The summed E-state index contributed by atoms with van der Waals surface area (Å²) in [4.78, 5) is 44.7. The van der Waals surface area contributed by atoms with Crippen molar-refractivity contribution in [1.29, 1.82) is 0 Å². The number of aromatic nitrogens is 1. The molecule has 4 rings (SSSR count). The second-order valence-electron chi connectivity index (χ2n) is 9.52. The molecule has 198 valence electrons. The average molecular weight is 535 g/mol. The first kappa shape index (κ1) is 27.0. The summed E-state index contributed by atoms with van der Waals surface area (Å²) >= 11 is 1.18. The normalized spacial score (nSPS) is 15.3. The van der Waals surface area contributed by atoms with Crippen LogP contribution in [-0.4, -0.2) is 36.2 Å². The standard InChI is InChI=1S/C28H30N4O5S/c1-7-37-27(34)24-17(4)29-28-31(25(24)20-11-9-19(10-12-20)16(2)3)26(33)23(38-28)15-18-8-13-21(30(5)6)22(14-18)32(35)36/h8-16,25H,7H2,1-6H3. The van der Waals surface area contributed by atoms with Gasteiger partial charge in [-0.15, -0.1) is 0 Å². The van der Waals surface area contributed by atoms with Gasteiger partial charge in [-0.3, -0.25) is 19.5 Å². The molecular formula is C28H30N4O5S. The molecule has 2 heterocycles. The maximum absolute atomic E-state index is 13.8. The topological polar surface area (TPSA) is 107 Å². The van der Waals surface area contributed by atoms with E-state index in [1.807, 2.05) is 24.3 Å². The zero-order chi connectivity index (χ0) is 27.7. The van der Waals surface area contributed by atoms with Crippen LogP contribution in [0, 0.1) is 10.1 Å². The van der Waals surface area contributed by atoms with E-state index in [1.54, 1.807) is 51.1 Å². The zero-order valence-corrected chi connectivity index (χ0v) is 23.0. The van der Waals surface area contributed by atoms with Gasteiger partial charge in [0.2, 0.25) is 0 Å². The van der Waals surface area contributed by atoms with Crippen LogP contribution in [0.5, 0.6) is 0 Å². The van der Waals surface area contributed by atoms with Gasteiger partial charge in [-0.25, -0.2) is 9.79 Å². The highest BCUT2D eigenvalue weighted by molar-refractivity contribution is 7.07. The van der Waals surface area contributed by atoms with Crippen LogP contribution in [0.4, 0.5) is 11.4 Å². The van der Waals surface area contributed by atoms with Gasteiger partial charge in [0.05, 0.1) is 33.4 Å². The van der Waals surface area contributed by atoms with Crippen LogP contribution in [0.1, 0.15) is 56.3 Å². The van der Waals surface area contributed by atoms with Gasteiger partial charge in [-0.2, -0.15) is 0 Å². The fourth-order valence-corrected chi connectivity index (χ4v) is 5.52. The molecule has 1 aromatic heterocycles. The van der Waals surface area contributed by atoms with E-state index >= 15 is 0 Å². The summed E-state index contributed by atoms with van der Waals surface area (Å²) in [5.74, 6) is -0.188. The Hall–Kier alpha value is -4.05. The SMILES string of the molecule is CCOC(=O)C1=C(C)N=c2sc(=Cc3ccc(N(C)C)c([N+](=O)[O-])c3)c(=O)n2C1c1ccc(C(C)C)cc1. The predicted octanol–water partition coefficient (Wildman–Crippen LogP) is 3.90. The van der Waals surface area contributed by atoms with Gasteiger partial charge in [0.15, 0.2) is 4.80 Å². The van der Waals surface area contributed by atoms with E-state index in [9.17, 15) is 19.7 Å². The van der Waals surface area contributed by atoms with Gasteiger partial charge in [-0.1, -0.05) is 55.5 Å². The van der Waals surface area contributed by atoms with Crippen molar-refractivity contribution in [3.8, 4) is 0 Å². The van der Waals surface area contributed by atoms with Crippen molar-refractivity contribution in [3.63, 3.8) is 0 Å². The molecule has 0 saturated heterocycles. The maximum atomic E-state index is 13.8. The number of nitro benzene ring substituents is 1. The van der Waals surface area contributed by atoms with Crippen LogP contribution in [0.15, 0.2) is 63.5 Å². The number of benzene rings is 2. The van der Waals surface area contributed by atoms with Gasteiger partial charge < -0.3 is 9.64 Å². The summed E-state index contributed by atoms with van der Waals surface area (Å²) in [7, 11) is 3.47. The number of carbonyl (C=O) groups is 1. The zero-order valence-electron chi connectivity index (χ0n) is 22.2. The summed E-state index contributed by atoms with van der Waals surface area (Å²) < 4.78 is 7.22. The van der Waals surface area contributed by atoms with Crippen LogP contribution in [0.3, 0.4) is 0 Å². The molecule has 9 nitrogen and oxygen atoms in total. The Morgan fingerprint density at radius 1 is 1.24 bits per heavy atom. The number of esters is 1. The van der Waals surface area contributed by atoms with Crippen LogP contribution in [0.2, 0.25) is 0 Å². The molecule has 0 aliphatic carbocycles. The average Bonchev–Trinajstić information content (AvgIpc) is 3.17. The number of anilines is 1. The van der Waals surface area contributed by atoms with Crippen LogP contribution in [-0.2, 0) is 9.53 Å². The fraction of sp³-hybridized carbons (Fsp3) is 0.321. The molecule has 0 radical (unpaired) electrons. The number of fused-ring (bicyclic) bond motifs is 1. The van der Waals surface area contributed by atoms with Crippen LogP contribution in [0.25, 0.3) is 6.08 Å². The maximum Gasteiger partial charge on any atom is 0.338 e. The Labute approximate surface area is 224 Å². The van der Waals surface area contributed by atoms with Gasteiger partial charge in [0.25, 0.3) is 11.2 Å². The summed E-state index contributed by atoms with van der Waals surface area (Å²) in [6, 6.07) is 12.0. The van der Waals surface area contributed by atoms with Crippen molar-refractivity contribution >= 4 is 34.8 Å². The molecule has 0 N–H and O–H groups in total. The van der Waals surface area contributed by atoms with E-state index in [2.05, 4.69) is 18.8 Å². The molecular weight excluding hydrogens is 504 g/mol. The van der Waals surface area contributed by atoms with Crippen molar-refractivity contribution in [3.05, 3.63) is 100 Å². The number of hydrogen-bond acceptors (Lipinski definition) is 8. The minimum Gasteiger partial charge on any atom is -0.463 e. The monoisotopic (exact) mass is 534 g/mol. The summed E-state index contributed by atoms with van der Waals surface area (Å²) in [6.07, 6.45) is 1.62. The Balaban J connectivity index is 1.92. The van der Waals surface area contributed by atoms with Gasteiger partial charge >= 0.3 is 5.97 Å². The Bertz CT molecular complexity index is 1610. The molecule has 0 fully saturated rings. The van der Waals surface area contributed by atoms with E-state index in [0.29, 0.717) is 37.8 Å². The first-order chi connectivity index (χ1) is 18.0. The summed E-state index contributed by atoms with van der Waals surface area (Å²) in [5, 5.41) is 11.6. The lowest BCUT2D eigenvalue weighted by molar-refractivity contribution is -0.384. The third-order valence-electron chi connectivity index (χ3n) is 6.41. The van der Waals surface area contributed by atoms with Gasteiger partial charge in [-0.05, 0) is 48.6 Å². The lowest BCUT2D eigenvalue weighted by Crippen LogP contribution is -2.39. The number of nitrogens with zero attached hydrogens (tertiary/aromatic N) is 4. The van der Waals surface area contributed by atoms with Crippen molar-refractivity contribution in [2.45, 2.75) is 39.7 Å². The lowest BCUT2D eigenvalue weighted by Gasteiger charge is -2.25. The van der Waals surface area contributed by atoms with Crippen LogP contribution < -0.4 is 19.8 Å². The molecule has 0 amide bonds. The summed E-state index contributed by atoms with van der Waals surface area (Å²) in [5.41, 5.74) is 3.31. The highest BCUT2D eigenvalue weighted by Gasteiger charge is 2.33. The minimum atomic E-state index is -0.709. The fourth-order valence-electron chi connectivity index (χ4n) is 4.48. The smallest absolute Gasteiger partial charge is 0.338 e. The van der Waals surface area contributed by atoms with E-state index in [1.165, 1.54) is 22.0 Å². The molecule has 2 aromatic carbocycles. The highest BCUT2D eigenvalue weighted by Crippen LogP contribution is 2.32. The van der Waals surface area contributed by atoms with Crippen molar-refractivity contribution in [2.24, 2.45) is 4.99 Å². The molecule has 10 heteroatoms. The van der Waals surface area contributed by atoms with E-state index in [0.717, 1.165) is 11.1 Å². The largest absolute Gasteiger partial charge is 0.463 e. The molecule has 0 bridgehead atoms. The molecule has 1 aliphatic rings. The number of nitro groups is 1. The molecule has 38 heavy (non-hydrogen) atoms. The van der Waals surface area contributed by atoms with Crippen molar-refractivity contribution in [1.82, 2.24) is 4.57 Å². The molecule has 0 saturated carbocycles. The second-order valence-corrected chi connectivity index (χ2v) is 10.5. The second kappa shape index (κ2) is 10.7. The predicted molar refractivity (Wildman–Crippen MR) is 148 cm³/mol. The Morgan fingerprint density at radius 3 is 2.50 bits per heavy atom. The number of ether oxygens (including phenoxy) is 1. The highest BCUT2D eigenvalue weighted by atomic mass is 32.1. The molecule has 1 aliphatic heterocycles. The van der Waals surface area contributed by atoms with Gasteiger partial charge in [0.1, 0.15) is 5.69 Å². The van der Waals surface area contributed by atoms with E-state index in [-0.39, 0.29) is 17.9 Å². The first-order valence-corrected chi connectivity index (χ1v) is 13.1. The van der Waals surface area contributed by atoms with E-state index < -0.39 is 16.9 Å². The third kappa shape index (κ3) is 5.04. The quantitative estimate of drug-likeness (QED) is 0.259. The Morgan fingerprint density at radius 2 is 1.92 bits per heavy atom. The number of hydrogen-bond donors (Lipinski definition) is 0. The third-order valence-corrected chi connectivity index (χ3v) is 7.39. The lowest BCUT2D eigenvalue weighted by atomic mass is 9.93. The summed E-state index contributed by atoms with van der Waals surface area (Å²) in [6.45, 7) is 7.86. The number of thiazole rings is 1.